The number of aromatic nitrogens is 2. The number of pyridine rings is 1. The summed E-state index contributed by atoms with van der Waals surface area (Å²) in [7, 11) is 0. The second-order valence-electron chi connectivity index (χ2n) is 9.09. The molecule has 2 N–H and O–H groups in total. The fourth-order valence-corrected chi connectivity index (χ4v) is 5.84. The summed E-state index contributed by atoms with van der Waals surface area (Å²) >= 11 is 6.36. The van der Waals surface area contributed by atoms with Crippen molar-refractivity contribution in [2.75, 3.05) is 18.4 Å². The molecule has 2 aliphatic heterocycles. The van der Waals surface area contributed by atoms with E-state index in [1.54, 1.807) is 6.20 Å². The number of Topliss-reactive ketones (excluding diaryl/α,β-unsaturated/α-hetero) is 1. The fraction of sp³-hybridized carbons (Fsp3) is 0.259. The number of piperidine rings is 1. The molecule has 0 saturated carbocycles. The lowest BCUT2D eigenvalue weighted by Gasteiger charge is -2.38. The largest absolute Gasteiger partial charge is 0.374 e. The minimum absolute atomic E-state index is 0.144. The minimum atomic E-state index is -0.287. The van der Waals surface area contributed by atoms with E-state index in [1.165, 1.54) is 5.56 Å². The predicted octanol–water partition coefficient (Wildman–Crippen LogP) is 5.04. The first-order valence-corrected chi connectivity index (χ1v) is 11.8. The van der Waals surface area contributed by atoms with Crippen molar-refractivity contribution in [1.29, 1.82) is 0 Å². The van der Waals surface area contributed by atoms with Crippen LogP contribution in [0.1, 0.15) is 34.3 Å². The first kappa shape index (κ1) is 20.5. The average Bonchev–Trinajstić information content (AvgIpc) is 3.36. The molecule has 2 aliphatic rings. The average molecular weight is 457 g/mol. The molecule has 2 aromatic heterocycles. The zero-order valence-electron chi connectivity index (χ0n) is 18.2. The SMILES string of the molecule is O=C(c1cn(Cc2cccnc2)c2cc(Cl)ccc12)[C@@H]1Nc2ccccc2C12CCNCC2. The highest BCUT2D eigenvalue weighted by Crippen LogP contribution is 2.48. The predicted molar refractivity (Wildman–Crippen MR) is 132 cm³/mol. The number of anilines is 1. The van der Waals surface area contributed by atoms with Gasteiger partial charge < -0.3 is 15.2 Å². The lowest BCUT2D eigenvalue weighted by molar-refractivity contribution is 0.0919. The van der Waals surface area contributed by atoms with Gasteiger partial charge in [0.15, 0.2) is 5.78 Å². The molecule has 0 amide bonds. The van der Waals surface area contributed by atoms with Crippen LogP contribution in [0.2, 0.25) is 5.02 Å². The van der Waals surface area contributed by atoms with Gasteiger partial charge in [-0.3, -0.25) is 9.78 Å². The first-order valence-electron chi connectivity index (χ1n) is 11.4. The highest BCUT2D eigenvalue weighted by Gasteiger charge is 2.50. The zero-order valence-corrected chi connectivity index (χ0v) is 19.0. The number of para-hydroxylation sites is 1. The molecule has 4 heterocycles. The topological polar surface area (TPSA) is 59.0 Å². The van der Waals surface area contributed by atoms with E-state index >= 15 is 0 Å². The van der Waals surface area contributed by atoms with E-state index in [-0.39, 0.29) is 17.2 Å². The number of hydrogen-bond acceptors (Lipinski definition) is 4. The summed E-state index contributed by atoms with van der Waals surface area (Å²) in [5.41, 5.74) is 4.95. The second kappa shape index (κ2) is 8.01. The van der Waals surface area contributed by atoms with Crippen molar-refractivity contribution in [1.82, 2.24) is 14.9 Å². The summed E-state index contributed by atoms with van der Waals surface area (Å²) in [4.78, 5) is 18.5. The summed E-state index contributed by atoms with van der Waals surface area (Å²) < 4.78 is 2.11. The Kier molecular flexibility index (Phi) is 4.97. The van der Waals surface area contributed by atoms with Crippen LogP contribution in [0.25, 0.3) is 10.9 Å². The van der Waals surface area contributed by atoms with Gasteiger partial charge >= 0.3 is 0 Å². The Bertz CT molecular complexity index is 1340. The summed E-state index contributed by atoms with van der Waals surface area (Å²) in [5, 5.41) is 8.68. The van der Waals surface area contributed by atoms with Crippen molar-refractivity contribution in [3.8, 4) is 0 Å². The maximum atomic E-state index is 14.2. The Balaban J connectivity index is 1.45. The monoisotopic (exact) mass is 456 g/mol. The van der Waals surface area contributed by atoms with Crippen molar-refractivity contribution in [3.63, 3.8) is 0 Å². The molecule has 1 spiro atoms. The van der Waals surface area contributed by atoms with Crippen molar-refractivity contribution in [2.24, 2.45) is 0 Å². The van der Waals surface area contributed by atoms with Gasteiger partial charge in [0.05, 0.1) is 11.6 Å². The maximum Gasteiger partial charge on any atom is 0.188 e. The van der Waals surface area contributed by atoms with E-state index in [4.69, 9.17) is 11.6 Å². The molecule has 6 rings (SSSR count). The lowest BCUT2D eigenvalue weighted by Crippen LogP contribution is -2.50. The molecule has 0 unspecified atom stereocenters. The number of halogens is 1. The number of carbonyl (C=O) groups excluding carboxylic acids is 1. The van der Waals surface area contributed by atoms with E-state index < -0.39 is 0 Å². The molecular weight excluding hydrogens is 432 g/mol. The second-order valence-corrected chi connectivity index (χ2v) is 9.52. The Morgan fingerprint density at radius 2 is 1.97 bits per heavy atom. The highest BCUT2D eigenvalue weighted by molar-refractivity contribution is 6.31. The van der Waals surface area contributed by atoms with E-state index in [1.807, 2.05) is 48.8 Å². The van der Waals surface area contributed by atoms with Crippen LogP contribution in [0.5, 0.6) is 0 Å². The molecule has 6 heteroatoms. The Morgan fingerprint density at radius 1 is 1.12 bits per heavy atom. The molecule has 2 aromatic carbocycles. The summed E-state index contributed by atoms with van der Waals surface area (Å²) in [5.74, 6) is 0.144. The van der Waals surface area contributed by atoms with Gasteiger partial charge in [-0.25, -0.2) is 0 Å². The number of carbonyl (C=O) groups is 1. The molecule has 0 radical (unpaired) electrons. The summed E-state index contributed by atoms with van der Waals surface area (Å²) in [6.45, 7) is 2.46. The normalized spacial score (nSPS) is 18.9. The smallest absolute Gasteiger partial charge is 0.188 e. The number of fused-ring (bicyclic) bond motifs is 3. The van der Waals surface area contributed by atoms with Crippen LogP contribution in [-0.2, 0) is 12.0 Å². The minimum Gasteiger partial charge on any atom is -0.374 e. The Hall–Kier alpha value is -3.15. The van der Waals surface area contributed by atoms with Crippen LogP contribution >= 0.6 is 11.6 Å². The molecule has 4 aromatic rings. The zero-order chi connectivity index (χ0) is 22.4. The number of ketones is 1. The third kappa shape index (κ3) is 3.35. The van der Waals surface area contributed by atoms with Gasteiger partial charge in [0.1, 0.15) is 0 Å². The van der Waals surface area contributed by atoms with Crippen LogP contribution in [0.15, 0.2) is 73.2 Å². The van der Waals surface area contributed by atoms with Crippen LogP contribution < -0.4 is 10.6 Å². The number of nitrogens with one attached hydrogen (secondary N) is 2. The molecule has 33 heavy (non-hydrogen) atoms. The van der Waals surface area contributed by atoms with Crippen molar-refractivity contribution >= 4 is 34.0 Å². The van der Waals surface area contributed by atoms with Gasteiger partial charge in [0, 0.05) is 52.2 Å². The Morgan fingerprint density at radius 3 is 2.79 bits per heavy atom. The molecular formula is C27H25ClN4O. The highest BCUT2D eigenvalue weighted by atomic mass is 35.5. The van der Waals surface area contributed by atoms with Crippen molar-refractivity contribution in [3.05, 3.63) is 94.9 Å². The van der Waals surface area contributed by atoms with Crippen LogP contribution in [0.4, 0.5) is 5.69 Å². The molecule has 166 valence electrons. The third-order valence-corrected chi connectivity index (χ3v) is 7.49. The van der Waals surface area contributed by atoms with Crippen LogP contribution in [0.3, 0.4) is 0 Å². The van der Waals surface area contributed by atoms with E-state index in [0.29, 0.717) is 11.6 Å². The van der Waals surface area contributed by atoms with Gasteiger partial charge in [-0.2, -0.15) is 0 Å². The fourth-order valence-electron chi connectivity index (χ4n) is 5.68. The lowest BCUT2D eigenvalue weighted by atomic mass is 9.68. The molecule has 0 aliphatic carbocycles. The van der Waals surface area contributed by atoms with Gasteiger partial charge in [0.2, 0.25) is 0 Å². The third-order valence-electron chi connectivity index (χ3n) is 7.26. The summed E-state index contributed by atoms with van der Waals surface area (Å²) in [6, 6.07) is 17.9. The van der Waals surface area contributed by atoms with Crippen molar-refractivity contribution < 1.29 is 4.79 Å². The van der Waals surface area contributed by atoms with Crippen LogP contribution in [0, 0.1) is 0 Å². The first-order chi connectivity index (χ1) is 16.2. The van der Waals surface area contributed by atoms with E-state index in [9.17, 15) is 4.79 Å². The number of hydrogen-bond donors (Lipinski definition) is 2. The number of nitrogens with zero attached hydrogens (tertiary/aromatic N) is 2. The van der Waals surface area contributed by atoms with Gasteiger partial charge in [-0.05, 0) is 61.3 Å². The van der Waals surface area contributed by atoms with Crippen molar-refractivity contribution in [2.45, 2.75) is 30.8 Å². The number of benzene rings is 2. The maximum absolute atomic E-state index is 14.2. The standard InChI is InChI=1S/C27H25ClN4O/c28-19-7-8-20-21(17-32(24(20)14-19)16-18-4-3-11-30-15-18)25(33)26-27(9-12-29-13-10-27)22-5-1-2-6-23(22)31-26/h1-8,11,14-15,17,26,29,31H,9-10,12-13,16H2/t26-/m0/s1. The molecule has 1 atom stereocenters. The van der Waals surface area contributed by atoms with Crippen LogP contribution in [-0.4, -0.2) is 34.5 Å². The van der Waals surface area contributed by atoms with E-state index in [2.05, 4.69) is 38.4 Å². The molecule has 1 fully saturated rings. The van der Waals surface area contributed by atoms with Gasteiger partial charge in [0.25, 0.3) is 0 Å². The Labute approximate surface area is 197 Å². The molecule has 5 nitrogen and oxygen atoms in total. The quantitative estimate of drug-likeness (QED) is 0.422. The van der Waals surface area contributed by atoms with Gasteiger partial charge in [-0.15, -0.1) is 0 Å². The molecule has 0 bridgehead atoms. The van der Waals surface area contributed by atoms with E-state index in [0.717, 1.165) is 53.6 Å². The number of rotatable bonds is 4. The summed E-state index contributed by atoms with van der Waals surface area (Å²) in [6.07, 6.45) is 7.50. The molecule has 1 saturated heterocycles. The van der Waals surface area contributed by atoms with Gasteiger partial charge in [-0.1, -0.05) is 41.9 Å².